The fourth-order valence-electron chi connectivity index (χ4n) is 4.07. The summed E-state index contributed by atoms with van der Waals surface area (Å²) in [7, 11) is 1.66. The molecule has 0 saturated carbocycles. The van der Waals surface area contributed by atoms with Crippen molar-refractivity contribution in [3.05, 3.63) is 47.4 Å². The predicted molar refractivity (Wildman–Crippen MR) is 98.4 cm³/mol. The van der Waals surface area contributed by atoms with Gasteiger partial charge in [-0.1, -0.05) is 0 Å². The highest BCUT2D eigenvalue weighted by atomic mass is 16.5. The number of hydrogen-bond donors (Lipinski definition) is 1. The van der Waals surface area contributed by atoms with Crippen LogP contribution >= 0.6 is 0 Å². The van der Waals surface area contributed by atoms with E-state index < -0.39 is 0 Å². The van der Waals surface area contributed by atoms with Crippen LogP contribution in [-0.2, 0) is 0 Å². The Balaban J connectivity index is 1.63. The molecule has 2 aromatic rings. The molecule has 1 aromatic heterocycles. The van der Waals surface area contributed by atoms with Crippen molar-refractivity contribution in [3.63, 3.8) is 0 Å². The Labute approximate surface area is 151 Å². The molecule has 3 aliphatic rings. The highest BCUT2D eigenvalue weighted by Crippen LogP contribution is 2.30. The minimum Gasteiger partial charge on any atom is -0.497 e. The molecule has 5 rings (SSSR count). The number of ether oxygens (including phenoxy) is 1. The Morgan fingerprint density at radius 1 is 1.23 bits per heavy atom. The maximum atomic E-state index is 6.55. The maximum absolute atomic E-state index is 6.55. The molecule has 0 aliphatic carbocycles. The van der Waals surface area contributed by atoms with Crippen LogP contribution in [0.25, 0.3) is 5.82 Å². The molecule has 0 radical (unpaired) electrons. The van der Waals surface area contributed by atoms with Gasteiger partial charge >= 0.3 is 0 Å². The van der Waals surface area contributed by atoms with E-state index in [9.17, 15) is 0 Å². The molecule has 1 fully saturated rings. The molecule has 7 heteroatoms. The Hall–Kier alpha value is -2.96. The van der Waals surface area contributed by atoms with Crippen LogP contribution < -0.4 is 26.1 Å². The van der Waals surface area contributed by atoms with Crippen LogP contribution in [0.1, 0.15) is 12.8 Å². The third-order valence-electron chi connectivity index (χ3n) is 5.38. The van der Waals surface area contributed by atoms with Crippen LogP contribution in [0.2, 0.25) is 0 Å². The normalized spacial score (nSPS) is 24.2. The van der Waals surface area contributed by atoms with E-state index in [1.807, 2.05) is 35.2 Å². The van der Waals surface area contributed by atoms with Crippen molar-refractivity contribution in [1.29, 1.82) is 0 Å². The van der Waals surface area contributed by atoms with Gasteiger partial charge in [0, 0.05) is 18.3 Å². The summed E-state index contributed by atoms with van der Waals surface area (Å²) >= 11 is 0. The average molecular weight is 351 g/mol. The fourth-order valence-corrected chi connectivity index (χ4v) is 4.07. The second-order valence-corrected chi connectivity index (χ2v) is 6.78. The van der Waals surface area contributed by atoms with E-state index in [1.54, 1.807) is 13.4 Å². The lowest BCUT2D eigenvalue weighted by Gasteiger charge is -2.35. The molecule has 26 heavy (non-hydrogen) atoms. The van der Waals surface area contributed by atoms with Crippen LogP contribution in [0.3, 0.4) is 0 Å². The highest BCUT2D eigenvalue weighted by Gasteiger charge is 2.40. The Morgan fingerprint density at radius 2 is 2.08 bits per heavy atom. The topological polar surface area (TPSA) is 79.6 Å². The minimum atomic E-state index is -0.315. The highest BCUT2D eigenvalue weighted by molar-refractivity contribution is 5.95. The zero-order chi connectivity index (χ0) is 17.7. The summed E-state index contributed by atoms with van der Waals surface area (Å²) in [4.78, 5) is 14.1. The molecule has 4 heterocycles. The van der Waals surface area contributed by atoms with Crippen LogP contribution in [0.15, 0.2) is 51.0 Å². The SMILES string of the molecule is COc1ccc(N2C(N)=c3ccoc3=NC2C2=NCC3CCCN23)cc1. The predicted octanol–water partition coefficient (Wildman–Crippen LogP) is 0.655. The Bertz CT molecular complexity index is 978. The quantitative estimate of drug-likeness (QED) is 0.879. The van der Waals surface area contributed by atoms with Gasteiger partial charge in [0.1, 0.15) is 17.4 Å². The number of rotatable bonds is 3. The molecule has 7 nitrogen and oxygen atoms in total. The summed E-state index contributed by atoms with van der Waals surface area (Å²) in [6.07, 6.45) is 3.70. The van der Waals surface area contributed by atoms with E-state index in [-0.39, 0.29) is 6.17 Å². The molecule has 0 bridgehead atoms. The summed E-state index contributed by atoms with van der Waals surface area (Å²) in [5.41, 5.74) is 8.08. The first-order chi connectivity index (χ1) is 12.8. The average Bonchev–Trinajstić information content (AvgIpc) is 3.38. The number of anilines is 1. The fraction of sp³-hybridized carbons (Fsp3) is 0.368. The number of amidine groups is 1. The van der Waals surface area contributed by atoms with Gasteiger partial charge in [0.2, 0.25) is 5.55 Å². The van der Waals surface area contributed by atoms with Gasteiger partial charge in [0.15, 0.2) is 6.17 Å². The van der Waals surface area contributed by atoms with Crippen LogP contribution in [0.4, 0.5) is 5.69 Å². The van der Waals surface area contributed by atoms with Gasteiger partial charge in [-0.2, -0.15) is 0 Å². The second-order valence-electron chi connectivity index (χ2n) is 6.78. The second kappa shape index (κ2) is 5.79. The molecule has 3 aliphatic heterocycles. The van der Waals surface area contributed by atoms with Gasteiger partial charge in [-0.25, -0.2) is 4.99 Å². The molecule has 1 saturated heterocycles. The van der Waals surface area contributed by atoms with E-state index in [4.69, 9.17) is 24.9 Å². The molecule has 2 unspecified atom stereocenters. The lowest BCUT2D eigenvalue weighted by Crippen LogP contribution is -2.54. The van der Waals surface area contributed by atoms with Gasteiger partial charge in [0.05, 0.1) is 25.1 Å². The van der Waals surface area contributed by atoms with Crippen molar-refractivity contribution >= 4 is 17.3 Å². The van der Waals surface area contributed by atoms with E-state index in [0.717, 1.165) is 35.6 Å². The first-order valence-electron chi connectivity index (χ1n) is 8.91. The first-order valence-corrected chi connectivity index (χ1v) is 8.91. The minimum absolute atomic E-state index is 0.315. The van der Waals surface area contributed by atoms with Crippen LogP contribution in [0, 0.1) is 0 Å². The number of nitrogens with zero attached hydrogens (tertiary/aromatic N) is 4. The molecule has 134 valence electrons. The maximum Gasteiger partial charge on any atom is 0.227 e. The molecule has 2 N–H and O–H groups in total. The van der Waals surface area contributed by atoms with Crippen LogP contribution in [-0.4, -0.2) is 43.1 Å². The van der Waals surface area contributed by atoms with Crippen molar-refractivity contribution in [2.24, 2.45) is 15.7 Å². The van der Waals surface area contributed by atoms with Crippen LogP contribution in [0.5, 0.6) is 5.75 Å². The molecule has 1 aromatic carbocycles. The van der Waals surface area contributed by atoms with Crippen molar-refractivity contribution in [1.82, 2.24) is 4.90 Å². The van der Waals surface area contributed by atoms with E-state index in [0.29, 0.717) is 17.4 Å². The number of methoxy groups -OCH3 is 1. The summed E-state index contributed by atoms with van der Waals surface area (Å²) in [5, 5.41) is 0.814. The van der Waals surface area contributed by atoms with Crippen molar-refractivity contribution in [2.45, 2.75) is 25.0 Å². The molecule has 0 spiro atoms. The summed E-state index contributed by atoms with van der Waals surface area (Å²) in [6.45, 7) is 1.86. The van der Waals surface area contributed by atoms with Gasteiger partial charge in [-0.05, 0) is 43.2 Å². The number of hydrogen-bond acceptors (Lipinski definition) is 7. The number of benzene rings is 1. The van der Waals surface area contributed by atoms with E-state index in [2.05, 4.69) is 4.90 Å². The van der Waals surface area contributed by atoms with Gasteiger partial charge in [-0.3, -0.25) is 9.89 Å². The zero-order valence-corrected chi connectivity index (χ0v) is 14.6. The lowest BCUT2D eigenvalue weighted by atomic mass is 10.2. The lowest BCUT2D eigenvalue weighted by molar-refractivity contribution is 0.413. The van der Waals surface area contributed by atoms with Crippen molar-refractivity contribution < 1.29 is 9.15 Å². The van der Waals surface area contributed by atoms with Crippen molar-refractivity contribution in [2.75, 3.05) is 25.1 Å². The smallest absolute Gasteiger partial charge is 0.227 e. The van der Waals surface area contributed by atoms with Gasteiger partial charge in [-0.15, -0.1) is 0 Å². The van der Waals surface area contributed by atoms with Crippen molar-refractivity contribution in [3.8, 4) is 5.75 Å². The largest absolute Gasteiger partial charge is 0.497 e. The van der Waals surface area contributed by atoms with Gasteiger partial charge in [0.25, 0.3) is 0 Å². The number of fused-ring (bicyclic) bond motifs is 2. The molecule has 2 atom stereocenters. The standard InChI is InChI=1S/C19H21N5O2/c1-25-14-6-4-12(5-7-14)24-16(20)15-8-10-26-19(15)22-18(24)17-21-11-13-3-2-9-23(13)17/h4-8,10,13,18H,2-3,9,11,20H2,1H3. The monoisotopic (exact) mass is 351 g/mol. The summed E-state index contributed by atoms with van der Waals surface area (Å²) < 4.78 is 10.8. The number of nitrogens with two attached hydrogens (primary N) is 1. The molecular formula is C19H21N5O2. The first kappa shape index (κ1) is 15.3. The third kappa shape index (κ3) is 2.20. The summed E-state index contributed by atoms with van der Waals surface area (Å²) in [5.74, 6) is 2.41. The Kier molecular flexibility index (Phi) is 3.41. The summed E-state index contributed by atoms with van der Waals surface area (Å²) in [6, 6.07) is 10.2. The van der Waals surface area contributed by atoms with E-state index >= 15 is 0 Å². The number of aliphatic imine (C=N–C) groups is 1. The van der Waals surface area contributed by atoms with E-state index in [1.165, 1.54) is 12.8 Å². The molecular weight excluding hydrogens is 330 g/mol. The number of furan rings is 1. The third-order valence-corrected chi connectivity index (χ3v) is 5.38. The Morgan fingerprint density at radius 3 is 2.88 bits per heavy atom. The van der Waals surface area contributed by atoms with Gasteiger partial charge < -0.3 is 19.8 Å². The molecule has 0 amide bonds. The zero-order valence-electron chi connectivity index (χ0n) is 14.6.